The van der Waals surface area contributed by atoms with E-state index in [-0.39, 0.29) is 5.82 Å². The Hall–Kier alpha value is -0.410. The van der Waals surface area contributed by atoms with Gasteiger partial charge in [0.1, 0.15) is 5.82 Å². The summed E-state index contributed by atoms with van der Waals surface area (Å²) in [4.78, 5) is 0. The fraction of sp³-hybridized carbons (Fsp3) is 0.500. The van der Waals surface area contributed by atoms with E-state index in [0.717, 1.165) is 12.1 Å². The lowest BCUT2D eigenvalue weighted by atomic mass is 9.78. The lowest BCUT2D eigenvalue weighted by Crippen LogP contribution is -2.47. The third-order valence-corrected chi connectivity index (χ3v) is 3.77. The Bertz CT molecular complexity index is 361. The smallest absolute Gasteiger partial charge is 0.137 e. The van der Waals surface area contributed by atoms with Crippen LogP contribution in [0.2, 0.25) is 0 Å². The van der Waals surface area contributed by atoms with E-state index in [2.05, 4.69) is 28.2 Å². The molecule has 0 spiro atoms. The summed E-state index contributed by atoms with van der Waals surface area (Å²) in [5, 5.41) is 3.52. The van der Waals surface area contributed by atoms with Gasteiger partial charge < -0.3 is 5.32 Å². The molecule has 1 aliphatic carbocycles. The molecular weight excluding hydrogens is 257 g/mol. The Morgan fingerprint density at radius 3 is 2.73 bits per heavy atom. The summed E-state index contributed by atoms with van der Waals surface area (Å²) in [6.07, 6.45) is 3.81. The minimum absolute atomic E-state index is 0.200. The minimum atomic E-state index is -0.200. The average molecular weight is 272 g/mol. The fourth-order valence-electron chi connectivity index (χ4n) is 1.85. The lowest BCUT2D eigenvalue weighted by Gasteiger charge is -2.39. The van der Waals surface area contributed by atoms with Crippen LogP contribution in [0, 0.1) is 5.82 Å². The van der Waals surface area contributed by atoms with Gasteiger partial charge in [-0.2, -0.15) is 0 Å². The molecule has 2 rings (SSSR count). The van der Waals surface area contributed by atoms with Gasteiger partial charge in [-0.25, -0.2) is 4.39 Å². The molecule has 1 saturated carbocycles. The largest absolute Gasteiger partial charge is 0.307 e. The number of hydrogen-bond donors (Lipinski definition) is 1. The van der Waals surface area contributed by atoms with Crippen molar-refractivity contribution in [1.29, 1.82) is 0 Å². The van der Waals surface area contributed by atoms with Crippen LogP contribution >= 0.6 is 15.9 Å². The molecule has 0 aromatic heterocycles. The maximum atomic E-state index is 13.0. The number of hydrogen-bond acceptors (Lipinski definition) is 1. The molecule has 1 aromatic carbocycles. The summed E-state index contributed by atoms with van der Waals surface area (Å²) in [5.41, 5.74) is 1.43. The first-order valence-corrected chi connectivity index (χ1v) is 6.07. The Labute approximate surface area is 98.2 Å². The van der Waals surface area contributed by atoms with E-state index in [9.17, 15) is 4.39 Å². The van der Waals surface area contributed by atoms with E-state index in [0.29, 0.717) is 10.0 Å². The van der Waals surface area contributed by atoms with Gasteiger partial charge in [-0.3, -0.25) is 0 Å². The molecule has 0 radical (unpaired) electrons. The number of benzene rings is 1. The van der Waals surface area contributed by atoms with Crippen LogP contribution in [0.15, 0.2) is 22.7 Å². The van der Waals surface area contributed by atoms with Gasteiger partial charge in [-0.05, 0) is 59.8 Å². The van der Waals surface area contributed by atoms with E-state index in [1.807, 2.05) is 12.1 Å². The quantitative estimate of drug-likeness (QED) is 0.886. The Kier molecular flexibility index (Phi) is 3.12. The molecular formula is C12H15BrFN. The normalized spacial score (nSPS) is 18.6. The van der Waals surface area contributed by atoms with Gasteiger partial charge >= 0.3 is 0 Å². The molecule has 0 saturated heterocycles. The molecule has 1 aliphatic rings. The Balaban J connectivity index is 1.96. The molecule has 82 valence electrons. The second-order valence-corrected chi connectivity index (χ2v) is 5.37. The first-order chi connectivity index (χ1) is 7.09. The minimum Gasteiger partial charge on any atom is -0.307 e. The predicted molar refractivity (Wildman–Crippen MR) is 63.2 cm³/mol. The third kappa shape index (κ3) is 2.58. The zero-order valence-corrected chi connectivity index (χ0v) is 10.4. The molecule has 1 N–H and O–H groups in total. The molecule has 1 nitrogen and oxygen atoms in total. The zero-order valence-electron chi connectivity index (χ0n) is 8.82. The molecule has 0 heterocycles. The van der Waals surface area contributed by atoms with Crippen molar-refractivity contribution >= 4 is 15.9 Å². The summed E-state index contributed by atoms with van der Waals surface area (Å²) >= 11 is 3.19. The van der Waals surface area contributed by atoms with Crippen molar-refractivity contribution in [2.75, 3.05) is 0 Å². The number of nitrogens with one attached hydrogen (secondary N) is 1. The van der Waals surface area contributed by atoms with Gasteiger partial charge in [0.15, 0.2) is 0 Å². The summed E-state index contributed by atoms with van der Waals surface area (Å²) in [6.45, 7) is 3.06. The third-order valence-electron chi connectivity index (χ3n) is 3.16. The van der Waals surface area contributed by atoms with Crippen LogP contribution in [0.3, 0.4) is 0 Å². The van der Waals surface area contributed by atoms with E-state index in [1.54, 1.807) is 0 Å². The van der Waals surface area contributed by atoms with Crippen LogP contribution < -0.4 is 5.32 Å². The molecule has 1 fully saturated rings. The maximum Gasteiger partial charge on any atom is 0.137 e. The van der Waals surface area contributed by atoms with Crippen molar-refractivity contribution in [3.8, 4) is 0 Å². The van der Waals surface area contributed by atoms with Gasteiger partial charge in [0.2, 0.25) is 0 Å². The van der Waals surface area contributed by atoms with Crippen LogP contribution in [0.1, 0.15) is 31.7 Å². The van der Waals surface area contributed by atoms with Crippen molar-refractivity contribution in [3.05, 3.63) is 34.1 Å². The Morgan fingerprint density at radius 1 is 1.47 bits per heavy atom. The van der Waals surface area contributed by atoms with E-state index in [1.165, 1.54) is 25.3 Å². The molecule has 15 heavy (non-hydrogen) atoms. The maximum absolute atomic E-state index is 13.0. The first-order valence-electron chi connectivity index (χ1n) is 5.28. The molecule has 0 aliphatic heterocycles. The summed E-state index contributed by atoms with van der Waals surface area (Å²) < 4.78 is 13.5. The van der Waals surface area contributed by atoms with Gasteiger partial charge in [0.25, 0.3) is 0 Å². The van der Waals surface area contributed by atoms with Crippen molar-refractivity contribution < 1.29 is 4.39 Å². The highest BCUT2D eigenvalue weighted by molar-refractivity contribution is 9.10. The Morgan fingerprint density at radius 2 is 2.20 bits per heavy atom. The molecule has 0 amide bonds. The highest BCUT2D eigenvalue weighted by Crippen LogP contribution is 2.31. The molecule has 3 heteroatoms. The predicted octanol–water partition coefficient (Wildman–Crippen LogP) is 3.62. The van der Waals surface area contributed by atoms with Crippen molar-refractivity contribution in [3.63, 3.8) is 0 Å². The van der Waals surface area contributed by atoms with Crippen molar-refractivity contribution in [1.82, 2.24) is 5.32 Å². The molecule has 0 atom stereocenters. The van der Waals surface area contributed by atoms with Crippen molar-refractivity contribution in [2.24, 2.45) is 0 Å². The second kappa shape index (κ2) is 4.22. The number of rotatable bonds is 3. The topological polar surface area (TPSA) is 12.0 Å². The monoisotopic (exact) mass is 271 g/mol. The van der Waals surface area contributed by atoms with Gasteiger partial charge in [0.05, 0.1) is 4.47 Å². The summed E-state index contributed by atoms with van der Waals surface area (Å²) in [7, 11) is 0. The van der Waals surface area contributed by atoms with Gasteiger partial charge in [-0.1, -0.05) is 6.07 Å². The fourth-order valence-corrected chi connectivity index (χ4v) is 2.28. The molecule has 0 bridgehead atoms. The highest BCUT2D eigenvalue weighted by atomic mass is 79.9. The van der Waals surface area contributed by atoms with Crippen LogP contribution in [-0.2, 0) is 6.54 Å². The summed E-state index contributed by atoms with van der Waals surface area (Å²) in [5.74, 6) is -0.200. The standard InChI is InChI=1S/C12H15BrFN/c1-12(5-2-6-12)15-8-9-3-4-11(14)10(13)7-9/h3-4,7,15H,2,5-6,8H2,1H3. The van der Waals surface area contributed by atoms with E-state index < -0.39 is 0 Å². The van der Waals surface area contributed by atoms with Gasteiger partial charge in [0, 0.05) is 12.1 Å². The summed E-state index contributed by atoms with van der Waals surface area (Å²) in [6, 6.07) is 5.17. The molecule has 0 unspecified atom stereocenters. The van der Waals surface area contributed by atoms with Gasteiger partial charge in [-0.15, -0.1) is 0 Å². The second-order valence-electron chi connectivity index (χ2n) is 4.52. The first kappa shape index (κ1) is 11.1. The van der Waals surface area contributed by atoms with Crippen molar-refractivity contribution in [2.45, 2.75) is 38.3 Å². The average Bonchev–Trinajstić information content (AvgIpc) is 2.17. The zero-order chi connectivity index (χ0) is 10.9. The van der Waals surface area contributed by atoms with Crippen LogP contribution in [0.4, 0.5) is 4.39 Å². The molecule has 1 aromatic rings. The highest BCUT2D eigenvalue weighted by Gasteiger charge is 2.30. The lowest BCUT2D eigenvalue weighted by molar-refractivity contribution is 0.207. The SMILES string of the molecule is CC1(NCc2ccc(F)c(Br)c2)CCC1. The van der Waals surface area contributed by atoms with E-state index >= 15 is 0 Å². The van der Waals surface area contributed by atoms with E-state index in [4.69, 9.17) is 0 Å². The van der Waals surface area contributed by atoms with Crippen LogP contribution in [0.25, 0.3) is 0 Å². The van der Waals surface area contributed by atoms with Crippen LogP contribution in [0.5, 0.6) is 0 Å². The number of halogens is 2. The van der Waals surface area contributed by atoms with Crippen LogP contribution in [-0.4, -0.2) is 5.54 Å².